The maximum atomic E-state index is 15.0. The summed E-state index contributed by atoms with van der Waals surface area (Å²) in [4.78, 5) is 22.2. The summed E-state index contributed by atoms with van der Waals surface area (Å²) >= 11 is 0. The van der Waals surface area contributed by atoms with Gasteiger partial charge in [0.05, 0.1) is 11.1 Å². The first-order chi connectivity index (χ1) is 22.2. The molecule has 2 amide bonds. The number of carbonyl (C=O) groups excluding carboxylic acids is 2. The third-order valence-corrected chi connectivity index (χ3v) is 5.83. The van der Waals surface area contributed by atoms with Crippen LogP contribution in [0.2, 0.25) is 0 Å². The quantitative estimate of drug-likeness (QED) is 0.149. The first kappa shape index (κ1) is 35.3. The smallest absolute Gasteiger partial charge is 0.451 e. The molecule has 2 N–H and O–H groups in total. The Morgan fingerprint density at radius 2 is 0.771 bits per heavy atom. The number of ether oxygens (including phenoxy) is 2. The van der Waals surface area contributed by atoms with E-state index in [9.17, 15) is 53.5 Å². The minimum atomic E-state index is -5.37. The van der Waals surface area contributed by atoms with Crippen LogP contribution >= 0.6 is 0 Å². The van der Waals surface area contributed by atoms with Crippen molar-refractivity contribution in [2.75, 3.05) is 10.6 Å². The highest BCUT2D eigenvalue weighted by Crippen LogP contribution is 2.43. The molecule has 0 heterocycles. The second-order valence-corrected chi connectivity index (χ2v) is 9.08. The molecule has 0 radical (unpaired) electrons. The van der Waals surface area contributed by atoms with Crippen LogP contribution in [0.5, 0.6) is 23.0 Å². The first-order valence-corrected chi connectivity index (χ1v) is 12.3. The summed E-state index contributed by atoms with van der Waals surface area (Å²) in [6.45, 7) is 0. The molecule has 0 aliphatic rings. The van der Waals surface area contributed by atoms with Crippen LogP contribution in [0.4, 0.5) is 72.8 Å². The molecule has 0 aromatic heterocycles. The van der Waals surface area contributed by atoms with Crippen molar-refractivity contribution in [2.45, 2.75) is 12.4 Å². The molecule has 0 saturated carbocycles. The molecule has 6 nitrogen and oxygen atoms in total. The molecular formula is C28H10F14N2O4. The zero-order valence-electron chi connectivity index (χ0n) is 22.5. The predicted octanol–water partition coefficient (Wildman–Crippen LogP) is 9.05. The third-order valence-electron chi connectivity index (χ3n) is 5.83. The second-order valence-electron chi connectivity index (χ2n) is 9.08. The minimum absolute atomic E-state index is 0.523. The van der Waals surface area contributed by atoms with Gasteiger partial charge in [0.25, 0.3) is 0 Å². The molecule has 0 unspecified atom stereocenters. The number of benzene rings is 4. The van der Waals surface area contributed by atoms with Crippen molar-refractivity contribution < 1.29 is 80.5 Å². The van der Waals surface area contributed by atoms with E-state index in [0.717, 1.165) is 36.4 Å². The Morgan fingerprint density at radius 1 is 0.479 bits per heavy atom. The molecule has 0 aliphatic carbocycles. The van der Waals surface area contributed by atoms with Gasteiger partial charge in [0.2, 0.25) is 34.8 Å². The van der Waals surface area contributed by atoms with Crippen LogP contribution in [0.3, 0.4) is 0 Å². The Bertz CT molecular complexity index is 1750. The van der Waals surface area contributed by atoms with Crippen molar-refractivity contribution in [3.05, 3.63) is 95.1 Å². The second kappa shape index (κ2) is 12.9. The Morgan fingerprint density at radius 3 is 1.04 bits per heavy atom. The summed E-state index contributed by atoms with van der Waals surface area (Å²) in [6, 6.07) is 6.04. The molecule has 254 valence electrons. The lowest BCUT2D eigenvalue weighted by Crippen LogP contribution is -2.29. The standard InChI is InChI=1S/C28H10F14N2O4/c29-15-13(16(30)20(34)23(19(15)33)47-11-5-1-3-9(7-11)43-25(45)27(37,38)39)14-17(31)21(35)24(22(36)18(14)32)48-12-6-2-4-10(8-12)44-26(46)28(40,41)42/h1-8H,(H,43,45)(H,44,46). The molecule has 20 heteroatoms. The van der Waals surface area contributed by atoms with E-state index in [2.05, 4.69) is 9.47 Å². The van der Waals surface area contributed by atoms with E-state index >= 15 is 17.6 Å². The van der Waals surface area contributed by atoms with Crippen LogP contribution in [-0.4, -0.2) is 24.2 Å². The Kier molecular flexibility index (Phi) is 9.50. The summed E-state index contributed by atoms with van der Waals surface area (Å²) < 4.78 is 204. The van der Waals surface area contributed by atoms with Gasteiger partial charge in [-0.3, -0.25) is 9.59 Å². The maximum Gasteiger partial charge on any atom is 0.471 e. The third kappa shape index (κ3) is 7.05. The minimum Gasteiger partial charge on any atom is -0.451 e. The van der Waals surface area contributed by atoms with E-state index in [1.807, 2.05) is 0 Å². The van der Waals surface area contributed by atoms with Gasteiger partial charge in [-0.1, -0.05) is 12.1 Å². The molecule has 48 heavy (non-hydrogen) atoms. The fourth-order valence-corrected chi connectivity index (χ4v) is 3.76. The molecule has 0 bridgehead atoms. The van der Waals surface area contributed by atoms with E-state index in [1.54, 1.807) is 0 Å². The van der Waals surface area contributed by atoms with Crippen molar-refractivity contribution in [3.8, 4) is 34.1 Å². The molecule has 0 atom stereocenters. The number of hydrogen-bond donors (Lipinski definition) is 2. The van der Waals surface area contributed by atoms with Gasteiger partial charge in [-0.15, -0.1) is 0 Å². The van der Waals surface area contributed by atoms with Crippen LogP contribution in [0.1, 0.15) is 0 Å². The molecular weight excluding hydrogens is 694 g/mol. The number of halogens is 14. The average Bonchev–Trinajstić information content (AvgIpc) is 3.00. The van der Waals surface area contributed by atoms with Gasteiger partial charge >= 0.3 is 24.2 Å². The fourth-order valence-electron chi connectivity index (χ4n) is 3.76. The lowest BCUT2D eigenvalue weighted by molar-refractivity contribution is -0.167. The van der Waals surface area contributed by atoms with Crippen LogP contribution in [0.15, 0.2) is 48.5 Å². The normalized spacial score (nSPS) is 11.7. The Labute approximate surface area is 256 Å². The predicted molar refractivity (Wildman–Crippen MR) is 134 cm³/mol. The Hall–Kier alpha value is -5.56. The van der Waals surface area contributed by atoms with Gasteiger partial charge < -0.3 is 20.1 Å². The van der Waals surface area contributed by atoms with E-state index in [1.165, 1.54) is 10.6 Å². The molecule has 0 aliphatic heterocycles. The van der Waals surface area contributed by atoms with Crippen LogP contribution in [-0.2, 0) is 9.59 Å². The Balaban J connectivity index is 1.72. The largest absolute Gasteiger partial charge is 0.471 e. The summed E-state index contributed by atoms with van der Waals surface area (Å²) in [6.07, 6.45) is -10.7. The monoisotopic (exact) mass is 704 g/mol. The van der Waals surface area contributed by atoms with Crippen molar-refractivity contribution in [3.63, 3.8) is 0 Å². The van der Waals surface area contributed by atoms with Crippen molar-refractivity contribution in [2.24, 2.45) is 0 Å². The number of nitrogens with one attached hydrogen (secondary N) is 2. The molecule has 0 saturated heterocycles. The summed E-state index contributed by atoms with van der Waals surface area (Å²) in [5.41, 5.74) is -6.02. The molecule has 4 aromatic carbocycles. The van der Waals surface area contributed by atoms with Crippen molar-refractivity contribution in [1.29, 1.82) is 0 Å². The summed E-state index contributed by atoms with van der Waals surface area (Å²) in [7, 11) is 0. The maximum absolute atomic E-state index is 15.0. The van der Waals surface area contributed by atoms with Gasteiger partial charge in [0, 0.05) is 23.5 Å². The van der Waals surface area contributed by atoms with Crippen LogP contribution in [0.25, 0.3) is 11.1 Å². The number of anilines is 2. The van der Waals surface area contributed by atoms with Gasteiger partial charge in [-0.2, -0.15) is 43.9 Å². The van der Waals surface area contributed by atoms with E-state index in [4.69, 9.17) is 0 Å². The van der Waals surface area contributed by atoms with E-state index in [-0.39, 0.29) is 0 Å². The highest BCUT2D eigenvalue weighted by atomic mass is 19.4. The summed E-state index contributed by atoms with van der Waals surface area (Å²) in [5, 5.41) is 2.69. The van der Waals surface area contributed by atoms with Gasteiger partial charge in [0.15, 0.2) is 23.3 Å². The number of carbonyl (C=O) groups is 2. The highest BCUT2D eigenvalue weighted by molar-refractivity contribution is 5.95. The van der Waals surface area contributed by atoms with E-state index in [0.29, 0.717) is 12.1 Å². The number of alkyl halides is 6. The van der Waals surface area contributed by atoms with Crippen molar-refractivity contribution in [1.82, 2.24) is 0 Å². The van der Waals surface area contributed by atoms with Crippen LogP contribution in [0, 0.1) is 46.5 Å². The lowest BCUT2D eigenvalue weighted by atomic mass is 10.0. The molecule has 0 fully saturated rings. The molecule has 4 rings (SSSR count). The molecule has 4 aromatic rings. The van der Waals surface area contributed by atoms with E-state index < -0.39 is 116 Å². The highest BCUT2D eigenvalue weighted by Gasteiger charge is 2.40. The first-order valence-electron chi connectivity index (χ1n) is 12.3. The topological polar surface area (TPSA) is 76.7 Å². The van der Waals surface area contributed by atoms with Crippen molar-refractivity contribution >= 4 is 23.2 Å². The number of hydrogen-bond acceptors (Lipinski definition) is 4. The zero-order valence-corrected chi connectivity index (χ0v) is 22.5. The number of amides is 2. The lowest BCUT2D eigenvalue weighted by Gasteiger charge is -2.17. The number of rotatable bonds is 7. The summed E-state index contributed by atoms with van der Waals surface area (Å²) in [5.74, 6) is -31.5. The SMILES string of the molecule is O=C(Nc1cccc(Oc2c(F)c(F)c(-c3c(F)c(F)c(Oc4cccc(NC(=O)C(F)(F)F)c4)c(F)c3F)c(F)c2F)c1)C(F)(F)F. The van der Waals surface area contributed by atoms with Gasteiger partial charge in [-0.25, -0.2) is 17.6 Å². The zero-order chi connectivity index (χ0) is 35.9. The van der Waals surface area contributed by atoms with Crippen LogP contribution < -0.4 is 20.1 Å². The average molecular weight is 704 g/mol. The van der Waals surface area contributed by atoms with Gasteiger partial charge in [-0.05, 0) is 24.3 Å². The molecule has 0 spiro atoms. The van der Waals surface area contributed by atoms with Gasteiger partial charge in [0.1, 0.15) is 11.5 Å². The fraction of sp³-hybridized carbons (Fsp3) is 0.0714.